The summed E-state index contributed by atoms with van der Waals surface area (Å²) in [6, 6.07) is -0.543. The number of ether oxygens (including phenoxy) is 1. The van der Waals surface area contributed by atoms with Gasteiger partial charge in [-0.05, 0) is 25.7 Å². The number of carbonyl (C=O) groups excluding carboxylic acids is 2. The molecule has 0 radical (unpaired) electrons. The first-order chi connectivity index (χ1) is 38.0. The molecule has 460 valence electrons. The van der Waals surface area contributed by atoms with Crippen molar-refractivity contribution in [3.63, 3.8) is 0 Å². The molecule has 1 amide bonds. The molecule has 0 bridgehead atoms. The Hall–Kier alpha value is -1.14. The van der Waals surface area contributed by atoms with Gasteiger partial charge in [-0.1, -0.05) is 380 Å². The Morgan fingerprint density at radius 1 is 0.312 bits per heavy atom. The number of amides is 1. The molecule has 0 aromatic rings. The predicted octanol–water partition coefficient (Wildman–Crippen LogP) is 23.0. The van der Waals surface area contributed by atoms with Crippen LogP contribution in [0.5, 0.6) is 0 Å². The number of esters is 1. The summed E-state index contributed by atoms with van der Waals surface area (Å²) in [7, 11) is 0. The molecule has 0 aliphatic rings. The van der Waals surface area contributed by atoms with Gasteiger partial charge >= 0.3 is 5.97 Å². The highest BCUT2D eigenvalue weighted by Crippen LogP contribution is 2.20. The van der Waals surface area contributed by atoms with Crippen LogP contribution in [0.3, 0.4) is 0 Å². The van der Waals surface area contributed by atoms with E-state index in [1.807, 2.05) is 0 Å². The Labute approximate surface area is 483 Å². The maximum Gasteiger partial charge on any atom is 0.305 e. The molecule has 6 nitrogen and oxygen atoms in total. The summed E-state index contributed by atoms with van der Waals surface area (Å²) < 4.78 is 5.50. The Morgan fingerprint density at radius 3 is 0.792 bits per heavy atom. The molecule has 0 spiro atoms. The van der Waals surface area contributed by atoms with Crippen LogP contribution in [0.1, 0.15) is 418 Å². The Balaban J connectivity index is 3.37. The third-order valence-electron chi connectivity index (χ3n) is 17.2. The van der Waals surface area contributed by atoms with Gasteiger partial charge in [0.15, 0.2) is 0 Å². The molecule has 3 N–H and O–H groups in total. The lowest BCUT2D eigenvalue weighted by Gasteiger charge is -2.22. The smallest absolute Gasteiger partial charge is 0.305 e. The van der Waals surface area contributed by atoms with Gasteiger partial charge < -0.3 is 20.3 Å². The number of nitrogens with one attached hydrogen (secondary N) is 1. The van der Waals surface area contributed by atoms with Gasteiger partial charge in [0, 0.05) is 12.8 Å². The van der Waals surface area contributed by atoms with Crippen LogP contribution < -0.4 is 5.32 Å². The number of hydrogen-bond acceptors (Lipinski definition) is 5. The van der Waals surface area contributed by atoms with Gasteiger partial charge in [-0.25, -0.2) is 0 Å². The molecule has 0 aromatic heterocycles. The molecular formula is C71H141NO5. The van der Waals surface area contributed by atoms with Gasteiger partial charge in [0.05, 0.1) is 25.4 Å². The number of aliphatic hydroxyl groups is 2. The van der Waals surface area contributed by atoms with Gasteiger partial charge in [-0.2, -0.15) is 0 Å². The van der Waals surface area contributed by atoms with Crippen molar-refractivity contribution in [1.82, 2.24) is 5.32 Å². The van der Waals surface area contributed by atoms with Crippen LogP contribution in [0.4, 0.5) is 0 Å². The Kier molecular flexibility index (Phi) is 66.4. The van der Waals surface area contributed by atoms with Crippen molar-refractivity contribution in [2.75, 3.05) is 13.2 Å². The topological polar surface area (TPSA) is 95.9 Å². The van der Waals surface area contributed by atoms with Crippen LogP contribution in [0.15, 0.2) is 0 Å². The molecular weight excluding hydrogens is 947 g/mol. The SMILES string of the molecule is CCCCCCCCCCCCCCCCCCCCCCCCCCCC(O)C(CO)NC(=O)CCCCCCCCCCCCCCCCCCCCCCOC(=O)CCCCCCCCCCCCCCCCC. The number of aliphatic hydroxyl groups excluding tert-OH is 2. The van der Waals surface area contributed by atoms with Crippen LogP contribution in [0.2, 0.25) is 0 Å². The second-order valence-corrected chi connectivity index (χ2v) is 24.9. The van der Waals surface area contributed by atoms with Crippen LogP contribution in [0, 0.1) is 0 Å². The first-order valence-corrected chi connectivity index (χ1v) is 35.8. The van der Waals surface area contributed by atoms with Crippen molar-refractivity contribution in [3.8, 4) is 0 Å². The van der Waals surface area contributed by atoms with Gasteiger partial charge in [0.2, 0.25) is 5.91 Å². The summed E-state index contributed by atoms with van der Waals surface area (Å²) in [5.74, 6) is -0.0153. The van der Waals surface area contributed by atoms with Gasteiger partial charge in [0.25, 0.3) is 0 Å². The monoisotopic (exact) mass is 1090 g/mol. The van der Waals surface area contributed by atoms with Crippen LogP contribution >= 0.6 is 0 Å². The molecule has 0 heterocycles. The number of hydrogen-bond donors (Lipinski definition) is 3. The van der Waals surface area contributed by atoms with E-state index in [0.29, 0.717) is 25.9 Å². The zero-order valence-electron chi connectivity index (χ0n) is 52.7. The van der Waals surface area contributed by atoms with E-state index in [2.05, 4.69) is 19.2 Å². The highest BCUT2D eigenvalue weighted by Gasteiger charge is 2.20. The molecule has 2 atom stereocenters. The molecule has 0 aliphatic carbocycles. The number of rotatable bonds is 68. The fraction of sp³-hybridized carbons (Fsp3) is 0.972. The summed E-state index contributed by atoms with van der Waals surface area (Å²) >= 11 is 0. The summed E-state index contributed by atoms with van der Waals surface area (Å²) in [4.78, 5) is 24.6. The van der Waals surface area contributed by atoms with Crippen molar-refractivity contribution < 1.29 is 24.5 Å². The summed E-state index contributed by atoms with van der Waals surface area (Å²) in [5.41, 5.74) is 0. The average Bonchev–Trinajstić information content (AvgIpc) is 3.43. The lowest BCUT2D eigenvalue weighted by atomic mass is 10.0. The van der Waals surface area contributed by atoms with Gasteiger partial charge in [-0.3, -0.25) is 9.59 Å². The van der Waals surface area contributed by atoms with Crippen LogP contribution in [-0.2, 0) is 14.3 Å². The molecule has 2 unspecified atom stereocenters. The van der Waals surface area contributed by atoms with Crippen molar-refractivity contribution in [2.24, 2.45) is 0 Å². The van der Waals surface area contributed by atoms with Gasteiger partial charge in [-0.15, -0.1) is 0 Å². The first-order valence-electron chi connectivity index (χ1n) is 35.8. The van der Waals surface area contributed by atoms with E-state index in [1.54, 1.807) is 0 Å². The second kappa shape index (κ2) is 67.4. The number of unbranched alkanes of at least 4 members (excludes halogenated alkanes) is 57. The van der Waals surface area contributed by atoms with E-state index >= 15 is 0 Å². The van der Waals surface area contributed by atoms with Gasteiger partial charge in [0.1, 0.15) is 0 Å². The minimum atomic E-state index is -0.666. The molecule has 0 aromatic carbocycles. The van der Waals surface area contributed by atoms with Crippen molar-refractivity contribution in [2.45, 2.75) is 431 Å². The second-order valence-electron chi connectivity index (χ2n) is 24.9. The predicted molar refractivity (Wildman–Crippen MR) is 338 cm³/mol. The van der Waals surface area contributed by atoms with Crippen LogP contribution in [0.25, 0.3) is 0 Å². The first kappa shape index (κ1) is 75.9. The van der Waals surface area contributed by atoms with Crippen molar-refractivity contribution in [1.29, 1.82) is 0 Å². The van der Waals surface area contributed by atoms with Crippen molar-refractivity contribution >= 4 is 11.9 Å². The lowest BCUT2D eigenvalue weighted by molar-refractivity contribution is -0.143. The Morgan fingerprint density at radius 2 is 0.532 bits per heavy atom. The molecule has 0 fully saturated rings. The lowest BCUT2D eigenvalue weighted by Crippen LogP contribution is -2.45. The third kappa shape index (κ3) is 63.9. The molecule has 77 heavy (non-hydrogen) atoms. The highest BCUT2D eigenvalue weighted by molar-refractivity contribution is 5.76. The van der Waals surface area contributed by atoms with Crippen molar-refractivity contribution in [3.05, 3.63) is 0 Å². The van der Waals surface area contributed by atoms with E-state index in [0.717, 1.165) is 38.5 Å². The zero-order chi connectivity index (χ0) is 55.7. The summed E-state index contributed by atoms with van der Waals surface area (Å²) in [6.45, 7) is 5.00. The summed E-state index contributed by atoms with van der Waals surface area (Å²) in [5, 5.41) is 23.5. The summed E-state index contributed by atoms with van der Waals surface area (Å²) in [6.07, 6.45) is 81.5. The molecule has 0 aliphatic heterocycles. The zero-order valence-corrected chi connectivity index (χ0v) is 52.7. The fourth-order valence-electron chi connectivity index (χ4n) is 11.7. The third-order valence-corrected chi connectivity index (χ3v) is 17.2. The largest absolute Gasteiger partial charge is 0.466 e. The highest BCUT2D eigenvalue weighted by atomic mass is 16.5. The number of carbonyl (C=O) groups is 2. The van der Waals surface area contributed by atoms with E-state index in [4.69, 9.17) is 4.74 Å². The minimum absolute atomic E-state index is 0.0153. The van der Waals surface area contributed by atoms with Crippen LogP contribution in [-0.4, -0.2) is 47.4 Å². The standard InChI is InChI=1S/C71H141NO5/c1-3-5-7-9-11-13-15-17-19-20-21-22-23-24-25-26-29-32-36-39-43-47-51-55-59-63-69(74)68(67-73)72-70(75)64-60-56-52-48-44-40-37-33-30-27-28-31-34-38-42-46-50-54-58-62-66-77-71(76)65-61-57-53-49-45-41-35-18-16-14-12-10-8-6-4-2/h68-69,73-74H,3-67H2,1-2H3,(H,72,75). The quantitative estimate of drug-likeness (QED) is 0.0417. The van der Waals surface area contributed by atoms with E-state index in [1.165, 1.54) is 347 Å². The normalized spacial score (nSPS) is 12.4. The molecule has 0 saturated carbocycles. The Bertz CT molecular complexity index is 1120. The fourth-order valence-corrected chi connectivity index (χ4v) is 11.7. The van der Waals surface area contributed by atoms with E-state index in [-0.39, 0.29) is 18.5 Å². The molecule has 0 saturated heterocycles. The minimum Gasteiger partial charge on any atom is -0.466 e. The molecule has 0 rings (SSSR count). The maximum absolute atomic E-state index is 12.6. The average molecular weight is 1090 g/mol. The van der Waals surface area contributed by atoms with E-state index < -0.39 is 12.1 Å². The van der Waals surface area contributed by atoms with E-state index in [9.17, 15) is 19.8 Å². The molecule has 6 heteroatoms. The maximum atomic E-state index is 12.6.